The van der Waals surface area contributed by atoms with Gasteiger partial charge >= 0.3 is 0 Å². The Hall–Kier alpha value is -1.09. The standard InChI is InChI=1S/C10H16N2O/c1-8(2)10-9(13-7-5-11)4-3-6-12-10/h3-4,6,8H,5,7,11H2,1-2H3. The van der Waals surface area contributed by atoms with E-state index in [2.05, 4.69) is 18.8 Å². The number of ether oxygens (including phenoxy) is 1. The molecule has 0 aliphatic carbocycles. The summed E-state index contributed by atoms with van der Waals surface area (Å²) in [4.78, 5) is 4.27. The summed E-state index contributed by atoms with van der Waals surface area (Å²) in [6, 6.07) is 3.80. The van der Waals surface area contributed by atoms with E-state index < -0.39 is 0 Å². The molecule has 0 spiro atoms. The van der Waals surface area contributed by atoms with Crippen LogP contribution < -0.4 is 10.5 Å². The van der Waals surface area contributed by atoms with Crippen LogP contribution in [0.2, 0.25) is 0 Å². The van der Waals surface area contributed by atoms with Gasteiger partial charge in [0.15, 0.2) is 0 Å². The lowest BCUT2D eigenvalue weighted by Crippen LogP contribution is -2.12. The van der Waals surface area contributed by atoms with Gasteiger partial charge in [-0.1, -0.05) is 13.8 Å². The molecule has 0 saturated carbocycles. The maximum absolute atomic E-state index is 5.46. The molecule has 0 unspecified atom stereocenters. The first-order valence-electron chi connectivity index (χ1n) is 4.53. The molecule has 3 nitrogen and oxygen atoms in total. The van der Waals surface area contributed by atoms with Crippen molar-refractivity contribution >= 4 is 0 Å². The molecule has 2 N–H and O–H groups in total. The summed E-state index contributed by atoms with van der Waals surface area (Å²) in [6.45, 7) is 5.27. The van der Waals surface area contributed by atoms with E-state index in [1.54, 1.807) is 6.20 Å². The predicted molar refractivity (Wildman–Crippen MR) is 52.9 cm³/mol. The number of pyridine rings is 1. The molecule has 0 saturated heterocycles. The molecule has 0 amide bonds. The Bertz CT molecular complexity index is 261. The van der Waals surface area contributed by atoms with Gasteiger partial charge in [0.25, 0.3) is 0 Å². The zero-order valence-corrected chi connectivity index (χ0v) is 8.16. The second kappa shape index (κ2) is 4.82. The van der Waals surface area contributed by atoms with Gasteiger partial charge in [0.05, 0.1) is 5.69 Å². The Morgan fingerprint density at radius 1 is 1.54 bits per heavy atom. The summed E-state index contributed by atoms with van der Waals surface area (Å²) < 4.78 is 5.46. The molecule has 13 heavy (non-hydrogen) atoms. The first kappa shape index (κ1) is 9.99. The van der Waals surface area contributed by atoms with Crippen molar-refractivity contribution in [3.63, 3.8) is 0 Å². The Labute approximate surface area is 78.9 Å². The fourth-order valence-corrected chi connectivity index (χ4v) is 1.13. The maximum Gasteiger partial charge on any atom is 0.141 e. The molecule has 0 radical (unpaired) electrons. The minimum absolute atomic E-state index is 0.383. The number of rotatable bonds is 4. The second-order valence-electron chi connectivity index (χ2n) is 3.18. The zero-order valence-electron chi connectivity index (χ0n) is 8.16. The largest absolute Gasteiger partial charge is 0.490 e. The minimum Gasteiger partial charge on any atom is -0.490 e. The number of aromatic nitrogens is 1. The van der Waals surface area contributed by atoms with E-state index in [9.17, 15) is 0 Å². The quantitative estimate of drug-likeness (QED) is 0.764. The summed E-state index contributed by atoms with van der Waals surface area (Å²) in [5.74, 6) is 1.23. The van der Waals surface area contributed by atoms with Crippen LogP contribution in [0.15, 0.2) is 18.3 Å². The normalized spacial score (nSPS) is 10.5. The molecule has 1 aromatic heterocycles. The van der Waals surface area contributed by atoms with Crippen molar-refractivity contribution in [3.8, 4) is 5.75 Å². The van der Waals surface area contributed by atoms with Gasteiger partial charge in [0, 0.05) is 12.7 Å². The Kier molecular flexibility index (Phi) is 3.71. The van der Waals surface area contributed by atoms with Crippen LogP contribution in [0.25, 0.3) is 0 Å². The number of nitrogens with two attached hydrogens (primary N) is 1. The molecular formula is C10H16N2O. The molecule has 72 valence electrons. The Morgan fingerprint density at radius 2 is 2.31 bits per heavy atom. The highest BCUT2D eigenvalue weighted by Crippen LogP contribution is 2.22. The molecule has 3 heteroatoms. The first-order chi connectivity index (χ1) is 6.25. The van der Waals surface area contributed by atoms with Gasteiger partial charge in [0.2, 0.25) is 0 Å². The van der Waals surface area contributed by atoms with Crippen molar-refractivity contribution in [2.75, 3.05) is 13.2 Å². The van der Waals surface area contributed by atoms with Crippen LogP contribution >= 0.6 is 0 Å². The van der Waals surface area contributed by atoms with Crippen molar-refractivity contribution < 1.29 is 4.74 Å². The van der Waals surface area contributed by atoms with E-state index in [0.717, 1.165) is 11.4 Å². The average molecular weight is 180 g/mol. The number of hydrogen-bond acceptors (Lipinski definition) is 3. The van der Waals surface area contributed by atoms with Crippen LogP contribution in [0, 0.1) is 0 Å². The minimum atomic E-state index is 0.383. The lowest BCUT2D eigenvalue weighted by atomic mass is 10.1. The molecule has 0 bridgehead atoms. The van der Waals surface area contributed by atoms with Gasteiger partial charge in [-0.3, -0.25) is 4.98 Å². The van der Waals surface area contributed by atoms with E-state index >= 15 is 0 Å². The van der Waals surface area contributed by atoms with E-state index in [1.807, 2.05) is 12.1 Å². The summed E-state index contributed by atoms with van der Waals surface area (Å²) in [6.07, 6.45) is 1.78. The third-order valence-electron chi connectivity index (χ3n) is 1.72. The van der Waals surface area contributed by atoms with Gasteiger partial charge in [-0.25, -0.2) is 0 Å². The van der Waals surface area contributed by atoms with Crippen molar-refractivity contribution in [1.82, 2.24) is 4.98 Å². The van der Waals surface area contributed by atoms with E-state index in [0.29, 0.717) is 19.1 Å². The Morgan fingerprint density at radius 3 is 2.92 bits per heavy atom. The maximum atomic E-state index is 5.46. The smallest absolute Gasteiger partial charge is 0.141 e. The summed E-state index contributed by atoms with van der Waals surface area (Å²) in [7, 11) is 0. The molecule has 1 rings (SSSR count). The van der Waals surface area contributed by atoms with Crippen LogP contribution in [0.4, 0.5) is 0 Å². The van der Waals surface area contributed by atoms with Crippen LogP contribution in [-0.4, -0.2) is 18.1 Å². The van der Waals surface area contributed by atoms with Gasteiger partial charge in [-0.05, 0) is 18.1 Å². The zero-order chi connectivity index (χ0) is 9.68. The molecular weight excluding hydrogens is 164 g/mol. The highest BCUT2D eigenvalue weighted by atomic mass is 16.5. The highest BCUT2D eigenvalue weighted by Gasteiger charge is 2.07. The van der Waals surface area contributed by atoms with E-state index in [4.69, 9.17) is 10.5 Å². The number of nitrogens with zero attached hydrogens (tertiary/aromatic N) is 1. The van der Waals surface area contributed by atoms with Crippen molar-refractivity contribution in [2.24, 2.45) is 5.73 Å². The Balaban J connectivity index is 2.78. The van der Waals surface area contributed by atoms with Crippen LogP contribution in [0.3, 0.4) is 0 Å². The van der Waals surface area contributed by atoms with E-state index in [-0.39, 0.29) is 0 Å². The SMILES string of the molecule is CC(C)c1ncccc1OCCN. The second-order valence-corrected chi connectivity index (χ2v) is 3.18. The van der Waals surface area contributed by atoms with Crippen molar-refractivity contribution in [2.45, 2.75) is 19.8 Å². The van der Waals surface area contributed by atoms with Gasteiger partial charge < -0.3 is 10.5 Å². The van der Waals surface area contributed by atoms with Gasteiger partial charge in [-0.15, -0.1) is 0 Å². The average Bonchev–Trinajstić information content (AvgIpc) is 2.15. The molecule has 0 fully saturated rings. The lowest BCUT2D eigenvalue weighted by Gasteiger charge is -2.11. The molecule has 0 aliphatic rings. The topological polar surface area (TPSA) is 48.1 Å². The van der Waals surface area contributed by atoms with Crippen molar-refractivity contribution in [3.05, 3.63) is 24.0 Å². The molecule has 1 aromatic rings. The third kappa shape index (κ3) is 2.70. The lowest BCUT2D eigenvalue weighted by molar-refractivity contribution is 0.321. The predicted octanol–water partition coefficient (Wildman–Crippen LogP) is 1.54. The van der Waals surface area contributed by atoms with Gasteiger partial charge in [-0.2, -0.15) is 0 Å². The molecule has 1 heterocycles. The van der Waals surface area contributed by atoms with Crippen LogP contribution in [0.5, 0.6) is 5.75 Å². The summed E-state index contributed by atoms with van der Waals surface area (Å²) in [5, 5.41) is 0. The monoisotopic (exact) mass is 180 g/mol. The van der Waals surface area contributed by atoms with Crippen LogP contribution in [0.1, 0.15) is 25.5 Å². The van der Waals surface area contributed by atoms with E-state index in [1.165, 1.54) is 0 Å². The number of hydrogen-bond donors (Lipinski definition) is 1. The summed E-state index contributed by atoms with van der Waals surface area (Å²) in [5.41, 5.74) is 6.35. The molecule has 0 atom stereocenters. The highest BCUT2D eigenvalue weighted by molar-refractivity contribution is 5.29. The molecule has 0 aromatic carbocycles. The third-order valence-corrected chi connectivity index (χ3v) is 1.72. The first-order valence-corrected chi connectivity index (χ1v) is 4.53. The fraction of sp³-hybridized carbons (Fsp3) is 0.500. The summed E-state index contributed by atoms with van der Waals surface area (Å²) >= 11 is 0. The van der Waals surface area contributed by atoms with Crippen LogP contribution in [-0.2, 0) is 0 Å². The van der Waals surface area contributed by atoms with Gasteiger partial charge in [0.1, 0.15) is 12.4 Å². The molecule has 0 aliphatic heterocycles. The van der Waals surface area contributed by atoms with Crippen molar-refractivity contribution in [1.29, 1.82) is 0 Å². The fourth-order valence-electron chi connectivity index (χ4n) is 1.13.